The van der Waals surface area contributed by atoms with Gasteiger partial charge in [0.05, 0.1) is 0 Å². The molecule has 1 unspecified atom stereocenters. The molecule has 0 saturated heterocycles. The van der Waals surface area contributed by atoms with Crippen LogP contribution in [-0.2, 0) is 0 Å². The normalized spacial score (nSPS) is 13.1. The number of thiophene rings is 1. The maximum Gasteiger partial charge on any atom is 0.223 e. The molecule has 0 aliphatic carbocycles. The van der Waals surface area contributed by atoms with Crippen LogP contribution in [0.5, 0.6) is 0 Å². The molecule has 2 N–H and O–H groups in total. The number of hydrogen-bond donors (Lipinski definition) is 1. The first kappa shape index (κ1) is 9.36. The van der Waals surface area contributed by atoms with Crippen molar-refractivity contribution in [3.63, 3.8) is 0 Å². The average Bonchev–Trinajstić information content (AvgIpc) is 2.73. The van der Waals surface area contributed by atoms with E-state index in [1.165, 1.54) is 5.56 Å². The molecule has 0 radical (unpaired) electrons. The number of nitrogens with zero attached hydrogens (tertiary/aromatic N) is 2. The van der Waals surface area contributed by atoms with Crippen molar-refractivity contribution in [3.8, 4) is 0 Å². The standard InChI is InChI=1S/C9H11N3OS/c1-5-3-4-14-8(5)7(10)9-11-6(2)13-12-9/h3-4,7H,10H2,1-2H3. The molecule has 0 amide bonds. The fraction of sp³-hybridized carbons (Fsp3) is 0.333. The third kappa shape index (κ3) is 1.56. The molecule has 4 nitrogen and oxygen atoms in total. The van der Waals surface area contributed by atoms with Crippen LogP contribution in [0.2, 0.25) is 0 Å². The molecule has 0 fully saturated rings. The summed E-state index contributed by atoms with van der Waals surface area (Å²) in [5.41, 5.74) is 7.17. The van der Waals surface area contributed by atoms with Crippen LogP contribution >= 0.6 is 11.3 Å². The van der Waals surface area contributed by atoms with Gasteiger partial charge in [-0.1, -0.05) is 5.16 Å². The van der Waals surface area contributed by atoms with Crippen molar-refractivity contribution in [3.05, 3.63) is 33.6 Å². The van der Waals surface area contributed by atoms with Gasteiger partial charge in [0.1, 0.15) is 6.04 Å². The lowest BCUT2D eigenvalue weighted by molar-refractivity contribution is 0.385. The van der Waals surface area contributed by atoms with Crippen LogP contribution < -0.4 is 5.73 Å². The molecule has 0 aliphatic rings. The monoisotopic (exact) mass is 209 g/mol. The van der Waals surface area contributed by atoms with Gasteiger partial charge in [-0.3, -0.25) is 0 Å². The maximum absolute atomic E-state index is 6.00. The van der Waals surface area contributed by atoms with Crippen molar-refractivity contribution in [2.24, 2.45) is 5.73 Å². The average molecular weight is 209 g/mol. The molecule has 2 heterocycles. The highest BCUT2D eigenvalue weighted by Gasteiger charge is 2.17. The summed E-state index contributed by atoms with van der Waals surface area (Å²) in [5, 5.41) is 5.82. The highest BCUT2D eigenvalue weighted by Crippen LogP contribution is 2.25. The summed E-state index contributed by atoms with van der Waals surface area (Å²) in [4.78, 5) is 5.20. The zero-order valence-corrected chi connectivity index (χ0v) is 8.84. The van der Waals surface area contributed by atoms with Crippen molar-refractivity contribution >= 4 is 11.3 Å². The highest BCUT2D eigenvalue weighted by molar-refractivity contribution is 7.10. The topological polar surface area (TPSA) is 64.9 Å². The molecule has 1 atom stereocenters. The smallest absolute Gasteiger partial charge is 0.223 e. The Labute approximate surface area is 85.7 Å². The summed E-state index contributed by atoms with van der Waals surface area (Å²) < 4.78 is 4.89. The van der Waals surface area contributed by atoms with Crippen LogP contribution in [-0.4, -0.2) is 10.1 Å². The summed E-state index contributed by atoms with van der Waals surface area (Å²) >= 11 is 1.62. The lowest BCUT2D eigenvalue weighted by Gasteiger charge is -2.04. The second-order valence-electron chi connectivity index (χ2n) is 3.12. The second kappa shape index (κ2) is 3.51. The minimum Gasteiger partial charge on any atom is -0.340 e. The summed E-state index contributed by atoms with van der Waals surface area (Å²) in [6.07, 6.45) is 0. The molecule has 0 saturated carbocycles. The molecule has 2 aromatic heterocycles. The van der Waals surface area contributed by atoms with E-state index in [2.05, 4.69) is 10.1 Å². The molecule has 5 heteroatoms. The predicted molar refractivity (Wildman–Crippen MR) is 54.1 cm³/mol. The fourth-order valence-electron chi connectivity index (χ4n) is 1.26. The first-order chi connectivity index (χ1) is 6.68. The predicted octanol–water partition coefficient (Wildman–Crippen LogP) is 1.80. The third-order valence-electron chi connectivity index (χ3n) is 2.01. The number of aromatic nitrogens is 2. The van der Waals surface area contributed by atoms with E-state index >= 15 is 0 Å². The van der Waals surface area contributed by atoms with Crippen molar-refractivity contribution < 1.29 is 4.52 Å². The van der Waals surface area contributed by atoms with Gasteiger partial charge in [0.2, 0.25) is 5.89 Å². The van der Waals surface area contributed by atoms with Gasteiger partial charge in [-0.05, 0) is 23.9 Å². The van der Waals surface area contributed by atoms with Crippen LogP contribution in [0, 0.1) is 13.8 Å². The zero-order chi connectivity index (χ0) is 10.1. The summed E-state index contributed by atoms with van der Waals surface area (Å²) in [6, 6.07) is 1.76. The largest absolute Gasteiger partial charge is 0.340 e. The molecule has 0 bridgehead atoms. The van der Waals surface area contributed by atoms with E-state index in [9.17, 15) is 0 Å². The van der Waals surface area contributed by atoms with Gasteiger partial charge >= 0.3 is 0 Å². The van der Waals surface area contributed by atoms with Gasteiger partial charge in [-0.15, -0.1) is 11.3 Å². The maximum atomic E-state index is 6.00. The number of nitrogens with two attached hydrogens (primary N) is 1. The Morgan fingerprint density at radius 2 is 2.29 bits per heavy atom. The third-order valence-corrected chi connectivity index (χ3v) is 3.11. The number of aryl methyl sites for hydroxylation is 2. The number of hydrogen-bond acceptors (Lipinski definition) is 5. The summed E-state index contributed by atoms with van der Waals surface area (Å²) in [5.74, 6) is 1.10. The van der Waals surface area contributed by atoms with Gasteiger partial charge in [-0.25, -0.2) is 0 Å². The lowest BCUT2D eigenvalue weighted by atomic mass is 10.2. The molecule has 2 rings (SSSR count). The minimum atomic E-state index is -0.271. The fourth-order valence-corrected chi connectivity index (χ4v) is 2.19. The summed E-state index contributed by atoms with van der Waals surface area (Å²) in [7, 11) is 0. The van der Waals surface area contributed by atoms with Gasteiger partial charge < -0.3 is 10.3 Å². The van der Waals surface area contributed by atoms with E-state index in [0.717, 1.165) is 4.88 Å². The van der Waals surface area contributed by atoms with E-state index in [0.29, 0.717) is 11.7 Å². The van der Waals surface area contributed by atoms with Gasteiger partial charge in [0.15, 0.2) is 5.82 Å². The molecule has 0 aliphatic heterocycles. The first-order valence-electron chi connectivity index (χ1n) is 4.28. The Bertz CT molecular complexity index is 435. The Morgan fingerprint density at radius 3 is 2.79 bits per heavy atom. The Morgan fingerprint density at radius 1 is 1.50 bits per heavy atom. The first-order valence-corrected chi connectivity index (χ1v) is 5.16. The molecule has 74 valence electrons. The molecule has 14 heavy (non-hydrogen) atoms. The Kier molecular flexibility index (Phi) is 2.35. The van der Waals surface area contributed by atoms with Crippen molar-refractivity contribution in [1.82, 2.24) is 10.1 Å². The van der Waals surface area contributed by atoms with E-state index < -0.39 is 0 Å². The molecular formula is C9H11N3OS. The van der Waals surface area contributed by atoms with E-state index in [-0.39, 0.29) is 6.04 Å². The molecule has 2 aromatic rings. The van der Waals surface area contributed by atoms with E-state index in [4.69, 9.17) is 10.3 Å². The SMILES string of the molecule is Cc1nc(C(N)c2sccc2C)no1. The molecular weight excluding hydrogens is 198 g/mol. The molecule has 0 aromatic carbocycles. The van der Waals surface area contributed by atoms with E-state index in [1.807, 2.05) is 18.4 Å². The van der Waals surface area contributed by atoms with Crippen LogP contribution in [0.3, 0.4) is 0 Å². The minimum absolute atomic E-state index is 0.271. The Balaban J connectivity index is 2.33. The van der Waals surface area contributed by atoms with Crippen LogP contribution in [0.4, 0.5) is 0 Å². The quantitative estimate of drug-likeness (QED) is 0.819. The lowest BCUT2D eigenvalue weighted by Crippen LogP contribution is -2.13. The van der Waals surface area contributed by atoms with Gasteiger partial charge in [0.25, 0.3) is 0 Å². The van der Waals surface area contributed by atoms with Crippen LogP contribution in [0.1, 0.15) is 28.2 Å². The summed E-state index contributed by atoms with van der Waals surface area (Å²) in [6.45, 7) is 3.78. The van der Waals surface area contributed by atoms with Crippen LogP contribution in [0.15, 0.2) is 16.0 Å². The van der Waals surface area contributed by atoms with Crippen LogP contribution in [0.25, 0.3) is 0 Å². The molecule has 0 spiro atoms. The van der Waals surface area contributed by atoms with Crippen molar-refractivity contribution in [2.45, 2.75) is 19.9 Å². The van der Waals surface area contributed by atoms with Crippen molar-refractivity contribution in [2.75, 3.05) is 0 Å². The van der Waals surface area contributed by atoms with Gasteiger partial charge in [0, 0.05) is 11.8 Å². The highest BCUT2D eigenvalue weighted by atomic mass is 32.1. The van der Waals surface area contributed by atoms with Crippen molar-refractivity contribution in [1.29, 1.82) is 0 Å². The zero-order valence-electron chi connectivity index (χ0n) is 8.02. The van der Waals surface area contributed by atoms with E-state index in [1.54, 1.807) is 18.3 Å². The second-order valence-corrected chi connectivity index (χ2v) is 4.06. The number of rotatable bonds is 2. The Hall–Kier alpha value is -1.20. The van der Waals surface area contributed by atoms with Gasteiger partial charge in [-0.2, -0.15) is 4.98 Å².